The standard InChI is InChI=1S/C31H37ClFN7O5S/c1-19-26-28(34-15-16-39(5)30(41)45-31(2,3)4)35-27(36-29(26)40(37-19)25-8-6-7-17-44-25)20-9-12-22(13-10-20)38-46(42,43)24-18-21(32)11-14-23(24)33/h9-14,18,25,38H,6-8,15-17H2,1-5H3,(H,34,35,36). The Labute approximate surface area is 272 Å². The number of carbonyl (C=O) groups excluding carboxylic acids is 1. The van der Waals surface area contributed by atoms with Crippen LogP contribution in [0.4, 0.5) is 20.7 Å². The summed E-state index contributed by atoms with van der Waals surface area (Å²) in [4.78, 5) is 23.1. The zero-order valence-corrected chi connectivity index (χ0v) is 27.9. The summed E-state index contributed by atoms with van der Waals surface area (Å²) in [6.07, 6.45) is 2.06. The molecule has 12 nitrogen and oxygen atoms in total. The molecule has 0 saturated carbocycles. The lowest BCUT2D eigenvalue weighted by Gasteiger charge is -2.24. The molecule has 246 valence electrons. The summed E-state index contributed by atoms with van der Waals surface area (Å²) in [7, 11) is -2.58. The van der Waals surface area contributed by atoms with E-state index in [4.69, 9.17) is 36.1 Å². The molecule has 1 aliphatic heterocycles. The van der Waals surface area contributed by atoms with Gasteiger partial charge in [-0.05, 0) is 89.4 Å². The highest BCUT2D eigenvalue weighted by Gasteiger charge is 2.25. The highest BCUT2D eigenvalue weighted by Crippen LogP contribution is 2.32. The van der Waals surface area contributed by atoms with Gasteiger partial charge in [-0.2, -0.15) is 5.10 Å². The number of sulfonamides is 1. The number of nitrogens with one attached hydrogen (secondary N) is 2. The third-order valence-electron chi connectivity index (χ3n) is 7.18. The molecule has 1 amide bonds. The van der Waals surface area contributed by atoms with Crippen LogP contribution in [0.2, 0.25) is 5.02 Å². The molecule has 46 heavy (non-hydrogen) atoms. The Hall–Kier alpha value is -4.01. The number of carbonyl (C=O) groups is 1. The van der Waals surface area contributed by atoms with Gasteiger partial charge in [0.1, 0.15) is 22.1 Å². The monoisotopic (exact) mass is 673 g/mol. The van der Waals surface area contributed by atoms with E-state index >= 15 is 0 Å². The van der Waals surface area contributed by atoms with E-state index in [1.165, 1.54) is 11.0 Å². The van der Waals surface area contributed by atoms with Gasteiger partial charge in [0, 0.05) is 43.0 Å². The molecule has 1 fully saturated rings. The molecule has 1 aliphatic rings. The quantitative estimate of drug-likeness (QED) is 0.207. The Kier molecular flexibility index (Phi) is 9.70. The largest absolute Gasteiger partial charge is 0.444 e. The number of anilines is 2. The van der Waals surface area contributed by atoms with Crippen LogP contribution >= 0.6 is 11.6 Å². The van der Waals surface area contributed by atoms with Crippen molar-refractivity contribution in [3.05, 3.63) is 59.0 Å². The third kappa shape index (κ3) is 7.68. The van der Waals surface area contributed by atoms with Gasteiger partial charge in [-0.15, -0.1) is 0 Å². The predicted molar refractivity (Wildman–Crippen MR) is 174 cm³/mol. The minimum Gasteiger partial charge on any atom is -0.444 e. The lowest BCUT2D eigenvalue weighted by Crippen LogP contribution is -2.36. The van der Waals surface area contributed by atoms with Gasteiger partial charge in [0.25, 0.3) is 10.0 Å². The van der Waals surface area contributed by atoms with Gasteiger partial charge in [-0.1, -0.05) is 11.6 Å². The molecule has 1 saturated heterocycles. The third-order valence-corrected chi connectivity index (χ3v) is 8.81. The number of halogens is 2. The molecule has 4 aromatic rings. The van der Waals surface area contributed by atoms with Crippen molar-refractivity contribution in [2.45, 2.75) is 63.7 Å². The van der Waals surface area contributed by atoms with Gasteiger partial charge < -0.3 is 19.7 Å². The van der Waals surface area contributed by atoms with Crippen LogP contribution in [0.5, 0.6) is 0 Å². The van der Waals surface area contributed by atoms with E-state index in [0.29, 0.717) is 42.5 Å². The molecular weight excluding hydrogens is 637 g/mol. The molecule has 2 aromatic heterocycles. The van der Waals surface area contributed by atoms with Crippen molar-refractivity contribution in [1.82, 2.24) is 24.6 Å². The summed E-state index contributed by atoms with van der Waals surface area (Å²) < 4.78 is 55.7. The molecular formula is C31H37ClFN7O5S. The second kappa shape index (κ2) is 13.4. The lowest BCUT2D eigenvalue weighted by molar-refractivity contribution is -0.0371. The van der Waals surface area contributed by atoms with Crippen molar-refractivity contribution >= 4 is 50.3 Å². The van der Waals surface area contributed by atoms with E-state index in [0.717, 1.165) is 42.5 Å². The Morgan fingerprint density at radius 2 is 1.91 bits per heavy atom. The number of hydrogen-bond acceptors (Lipinski definition) is 9. The average molecular weight is 674 g/mol. The van der Waals surface area contributed by atoms with Gasteiger partial charge in [0.15, 0.2) is 17.7 Å². The van der Waals surface area contributed by atoms with Crippen LogP contribution in [-0.4, -0.2) is 71.5 Å². The fourth-order valence-corrected chi connectivity index (χ4v) is 6.33. The smallest absolute Gasteiger partial charge is 0.410 e. The van der Waals surface area contributed by atoms with Crippen LogP contribution < -0.4 is 10.0 Å². The SMILES string of the molecule is Cc1nn(C2CCCCO2)c2nc(-c3ccc(NS(=O)(=O)c4cc(Cl)ccc4F)cc3)nc(NCCN(C)C(=O)OC(C)(C)C)c12. The maximum absolute atomic E-state index is 14.3. The molecule has 0 aliphatic carbocycles. The summed E-state index contributed by atoms with van der Waals surface area (Å²) in [5.41, 5.74) is 1.50. The van der Waals surface area contributed by atoms with Crippen LogP contribution in [-0.2, 0) is 19.5 Å². The minimum absolute atomic E-state index is 0.0960. The molecule has 1 atom stereocenters. The first-order chi connectivity index (χ1) is 21.7. The van der Waals surface area contributed by atoms with Gasteiger partial charge in [-0.3, -0.25) is 4.72 Å². The van der Waals surface area contributed by atoms with Gasteiger partial charge in [-0.25, -0.2) is 32.3 Å². The van der Waals surface area contributed by atoms with Crippen LogP contribution in [0.15, 0.2) is 47.4 Å². The molecule has 1 unspecified atom stereocenters. The normalized spacial score (nSPS) is 15.5. The van der Waals surface area contributed by atoms with Crippen molar-refractivity contribution < 1.29 is 27.1 Å². The maximum atomic E-state index is 14.3. The second-order valence-electron chi connectivity index (χ2n) is 12.0. The van der Waals surface area contributed by atoms with Crippen molar-refractivity contribution in [3.63, 3.8) is 0 Å². The minimum atomic E-state index is -4.24. The second-order valence-corrected chi connectivity index (χ2v) is 14.1. The topological polar surface area (TPSA) is 141 Å². The number of hydrogen-bond donors (Lipinski definition) is 2. The molecule has 5 rings (SSSR count). The van der Waals surface area contributed by atoms with E-state index in [-0.39, 0.29) is 16.9 Å². The van der Waals surface area contributed by atoms with Crippen LogP contribution in [0.1, 0.15) is 52.0 Å². The lowest BCUT2D eigenvalue weighted by atomic mass is 10.2. The molecule has 2 N–H and O–H groups in total. The van der Waals surface area contributed by atoms with Crippen LogP contribution in [0.25, 0.3) is 22.4 Å². The number of benzene rings is 2. The van der Waals surface area contributed by atoms with Crippen LogP contribution in [0.3, 0.4) is 0 Å². The van der Waals surface area contributed by atoms with Crippen LogP contribution in [0, 0.1) is 12.7 Å². The van der Waals surface area contributed by atoms with E-state index in [9.17, 15) is 17.6 Å². The number of nitrogens with zero attached hydrogens (tertiary/aromatic N) is 5. The number of ether oxygens (including phenoxy) is 2. The first kappa shape index (κ1) is 33.4. The van der Waals surface area contributed by atoms with Gasteiger partial charge in [0.2, 0.25) is 0 Å². The Morgan fingerprint density at radius 3 is 2.59 bits per heavy atom. The molecule has 3 heterocycles. The Bertz CT molecular complexity index is 1840. The number of aryl methyl sites for hydroxylation is 1. The number of rotatable bonds is 9. The van der Waals surface area contributed by atoms with E-state index in [2.05, 4.69) is 10.0 Å². The zero-order chi connectivity index (χ0) is 33.2. The van der Waals surface area contributed by atoms with Gasteiger partial charge in [0.05, 0.1) is 11.1 Å². The fraction of sp³-hybridized carbons (Fsp3) is 0.419. The summed E-state index contributed by atoms with van der Waals surface area (Å²) in [6, 6.07) is 9.74. The average Bonchev–Trinajstić information content (AvgIpc) is 3.34. The number of likely N-dealkylation sites (N-methyl/N-ethyl adjacent to an activating group) is 1. The molecule has 2 aromatic carbocycles. The predicted octanol–water partition coefficient (Wildman–Crippen LogP) is 6.37. The first-order valence-electron chi connectivity index (χ1n) is 14.9. The molecule has 15 heteroatoms. The van der Waals surface area contributed by atoms with Crippen molar-refractivity contribution in [1.29, 1.82) is 0 Å². The summed E-state index contributed by atoms with van der Waals surface area (Å²) in [5.74, 6) is -0.0255. The van der Waals surface area contributed by atoms with Gasteiger partial charge >= 0.3 is 6.09 Å². The molecule has 0 spiro atoms. The highest BCUT2D eigenvalue weighted by atomic mass is 35.5. The Balaban J connectivity index is 1.44. The maximum Gasteiger partial charge on any atom is 0.410 e. The van der Waals surface area contributed by atoms with E-state index in [1.54, 1.807) is 36.0 Å². The van der Waals surface area contributed by atoms with Crippen molar-refractivity contribution in [3.8, 4) is 11.4 Å². The van der Waals surface area contributed by atoms with Crippen molar-refractivity contribution in [2.24, 2.45) is 0 Å². The highest BCUT2D eigenvalue weighted by molar-refractivity contribution is 7.92. The van der Waals surface area contributed by atoms with E-state index < -0.39 is 32.4 Å². The Morgan fingerprint density at radius 1 is 1.17 bits per heavy atom. The number of amides is 1. The summed E-state index contributed by atoms with van der Waals surface area (Å²) in [5, 5.41) is 8.93. The fourth-order valence-electron chi connectivity index (χ4n) is 4.93. The molecule has 0 bridgehead atoms. The number of fused-ring (bicyclic) bond motifs is 1. The first-order valence-corrected chi connectivity index (χ1v) is 16.7. The van der Waals surface area contributed by atoms with Crippen molar-refractivity contribution in [2.75, 3.05) is 36.8 Å². The summed E-state index contributed by atoms with van der Waals surface area (Å²) in [6.45, 7) is 8.66. The number of aromatic nitrogens is 4. The molecule has 0 radical (unpaired) electrons. The summed E-state index contributed by atoms with van der Waals surface area (Å²) >= 11 is 5.90. The zero-order valence-electron chi connectivity index (χ0n) is 26.3. The van der Waals surface area contributed by atoms with E-state index in [1.807, 2.05) is 27.7 Å².